The molecule has 0 radical (unpaired) electrons. The van der Waals surface area contributed by atoms with Crippen LogP contribution < -0.4 is 9.64 Å². The SMILES string of the molecule is COCN(C)c1cc(C)c(OC)cc1C. The van der Waals surface area contributed by atoms with E-state index in [4.69, 9.17) is 9.47 Å². The zero-order valence-corrected chi connectivity index (χ0v) is 10.1. The zero-order chi connectivity index (χ0) is 11.4. The van der Waals surface area contributed by atoms with Gasteiger partial charge in [0.15, 0.2) is 0 Å². The van der Waals surface area contributed by atoms with Gasteiger partial charge in [-0.05, 0) is 37.1 Å². The largest absolute Gasteiger partial charge is 0.496 e. The van der Waals surface area contributed by atoms with Crippen LogP contribution in [0.1, 0.15) is 11.1 Å². The fraction of sp³-hybridized carbons (Fsp3) is 0.500. The summed E-state index contributed by atoms with van der Waals surface area (Å²) in [6.07, 6.45) is 0. The number of hydrogen-bond donors (Lipinski definition) is 0. The van der Waals surface area contributed by atoms with Gasteiger partial charge < -0.3 is 14.4 Å². The number of rotatable bonds is 4. The van der Waals surface area contributed by atoms with E-state index in [1.807, 2.05) is 14.0 Å². The molecular formula is C12H19NO2. The molecule has 1 rings (SSSR count). The van der Waals surface area contributed by atoms with Crippen LogP contribution in [0.3, 0.4) is 0 Å². The molecule has 0 fully saturated rings. The predicted octanol–water partition coefficient (Wildman–Crippen LogP) is 2.35. The van der Waals surface area contributed by atoms with Crippen LogP contribution in [0.5, 0.6) is 5.75 Å². The highest BCUT2D eigenvalue weighted by Gasteiger charge is 2.08. The van der Waals surface area contributed by atoms with Crippen molar-refractivity contribution in [3.63, 3.8) is 0 Å². The fourth-order valence-corrected chi connectivity index (χ4v) is 1.67. The summed E-state index contributed by atoms with van der Waals surface area (Å²) in [7, 11) is 5.40. The number of benzene rings is 1. The highest BCUT2D eigenvalue weighted by Crippen LogP contribution is 2.27. The smallest absolute Gasteiger partial charge is 0.122 e. The number of methoxy groups -OCH3 is 2. The zero-order valence-electron chi connectivity index (χ0n) is 10.1. The van der Waals surface area contributed by atoms with Crippen molar-refractivity contribution in [2.24, 2.45) is 0 Å². The Balaban J connectivity index is 3.04. The van der Waals surface area contributed by atoms with Crippen LogP contribution in [0.2, 0.25) is 0 Å². The van der Waals surface area contributed by atoms with E-state index in [-0.39, 0.29) is 0 Å². The molecule has 0 atom stereocenters. The molecule has 0 heterocycles. The molecule has 0 aliphatic rings. The molecule has 0 amide bonds. The highest BCUT2D eigenvalue weighted by atomic mass is 16.5. The molecule has 0 saturated carbocycles. The number of nitrogens with zero attached hydrogens (tertiary/aromatic N) is 1. The van der Waals surface area contributed by atoms with Gasteiger partial charge in [-0.15, -0.1) is 0 Å². The summed E-state index contributed by atoms with van der Waals surface area (Å²) in [6.45, 7) is 4.71. The Morgan fingerprint density at radius 1 is 1.13 bits per heavy atom. The molecule has 0 spiro atoms. The molecule has 0 aromatic heterocycles. The van der Waals surface area contributed by atoms with E-state index in [2.05, 4.69) is 24.0 Å². The molecule has 0 aliphatic carbocycles. The second kappa shape index (κ2) is 5.03. The van der Waals surface area contributed by atoms with Gasteiger partial charge in [-0.3, -0.25) is 0 Å². The first-order valence-electron chi connectivity index (χ1n) is 4.95. The maximum absolute atomic E-state index is 5.27. The molecule has 84 valence electrons. The molecular weight excluding hydrogens is 190 g/mol. The fourth-order valence-electron chi connectivity index (χ4n) is 1.67. The van der Waals surface area contributed by atoms with Gasteiger partial charge in [-0.25, -0.2) is 0 Å². The first-order valence-corrected chi connectivity index (χ1v) is 4.95. The molecule has 0 saturated heterocycles. The van der Waals surface area contributed by atoms with Crippen molar-refractivity contribution in [1.29, 1.82) is 0 Å². The van der Waals surface area contributed by atoms with E-state index in [1.165, 1.54) is 11.3 Å². The third-order valence-electron chi connectivity index (χ3n) is 2.45. The first kappa shape index (κ1) is 11.9. The third-order valence-corrected chi connectivity index (χ3v) is 2.45. The standard InChI is InChI=1S/C12H19NO2/c1-9-7-12(15-5)10(2)6-11(9)13(3)8-14-4/h6-7H,8H2,1-5H3. The molecule has 0 unspecified atom stereocenters. The lowest BCUT2D eigenvalue weighted by atomic mass is 10.1. The Kier molecular flexibility index (Phi) is 3.97. The van der Waals surface area contributed by atoms with Crippen molar-refractivity contribution < 1.29 is 9.47 Å². The summed E-state index contributed by atoms with van der Waals surface area (Å²) in [5.74, 6) is 0.932. The number of anilines is 1. The average molecular weight is 209 g/mol. The van der Waals surface area contributed by atoms with Crippen molar-refractivity contribution in [3.05, 3.63) is 23.3 Å². The number of hydrogen-bond acceptors (Lipinski definition) is 3. The van der Waals surface area contributed by atoms with Crippen LogP contribution in [-0.2, 0) is 4.74 Å². The van der Waals surface area contributed by atoms with Crippen molar-refractivity contribution in [2.45, 2.75) is 13.8 Å². The van der Waals surface area contributed by atoms with Gasteiger partial charge in [0.25, 0.3) is 0 Å². The quantitative estimate of drug-likeness (QED) is 0.710. The molecule has 1 aromatic carbocycles. The molecule has 0 N–H and O–H groups in total. The lowest BCUT2D eigenvalue weighted by Gasteiger charge is -2.21. The minimum atomic E-state index is 0.590. The van der Waals surface area contributed by atoms with E-state index in [9.17, 15) is 0 Å². The van der Waals surface area contributed by atoms with Gasteiger partial charge in [0.2, 0.25) is 0 Å². The lowest BCUT2D eigenvalue weighted by Crippen LogP contribution is -2.20. The molecule has 3 nitrogen and oxygen atoms in total. The van der Waals surface area contributed by atoms with Crippen molar-refractivity contribution >= 4 is 5.69 Å². The number of aryl methyl sites for hydroxylation is 2. The first-order chi connectivity index (χ1) is 7.10. The Labute approximate surface area is 91.6 Å². The molecule has 0 bridgehead atoms. The van der Waals surface area contributed by atoms with E-state index in [0.717, 1.165) is 11.3 Å². The highest BCUT2D eigenvalue weighted by molar-refractivity contribution is 5.58. The van der Waals surface area contributed by atoms with E-state index in [1.54, 1.807) is 14.2 Å². The topological polar surface area (TPSA) is 21.7 Å². The van der Waals surface area contributed by atoms with E-state index >= 15 is 0 Å². The second-order valence-electron chi connectivity index (χ2n) is 3.72. The summed E-state index contributed by atoms with van der Waals surface area (Å²) in [5, 5.41) is 0. The Bertz CT molecular complexity index is 337. The van der Waals surface area contributed by atoms with Gasteiger partial charge in [-0.1, -0.05) is 0 Å². The Morgan fingerprint density at radius 2 is 1.80 bits per heavy atom. The van der Waals surface area contributed by atoms with Gasteiger partial charge in [-0.2, -0.15) is 0 Å². The van der Waals surface area contributed by atoms with Crippen LogP contribution >= 0.6 is 0 Å². The van der Waals surface area contributed by atoms with Crippen LogP contribution in [0, 0.1) is 13.8 Å². The average Bonchev–Trinajstić information content (AvgIpc) is 2.21. The van der Waals surface area contributed by atoms with E-state index < -0.39 is 0 Å². The van der Waals surface area contributed by atoms with Gasteiger partial charge in [0.05, 0.1) is 7.11 Å². The Hall–Kier alpha value is -1.22. The normalized spacial score (nSPS) is 10.2. The van der Waals surface area contributed by atoms with Gasteiger partial charge in [0, 0.05) is 19.8 Å². The molecule has 3 heteroatoms. The monoisotopic (exact) mass is 209 g/mol. The third kappa shape index (κ3) is 2.63. The number of ether oxygens (including phenoxy) is 2. The van der Waals surface area contributed by atoms with Crippen molar-refractivity contribution in [1.82, 2.24) is 0 Å². The summed E-state index contributed by atoms with van der Waals surface area (Å²) in [4.78, 5) is 2.07. The summed E-state index contributed by atoms with van der Waals surface area (Å²) < 4.78 is 10.4. The summed E-state index contributed by atoms with van der Waals surface area (Å²) in [5.41, 5.74) is 3.51. The Morgan fingerprint density at radius 3 is 2.33 bits per heavy atom. The lowest BCUT2D eigenvalue weighted by molar-refractivity contribution is 0.202. The van der Waals surface area contributed by atoms with Crippen molar-refractivity contribution in [3.8, 4) is 5.75 Å². The van der Waals surface area contributed by atoms with Crippen LogP contribution in [0.25, 0.3) is 0 Å². The van der Waals surface area contributed by atoms with E-state index in [0.29, 0.717) is 6.73 Å². The predicted molar refractivity (Wildman–Crippen MR) is 62.7 cm³/mol. The van der Waals surface area contributed by atoms with Gasteiger partial charge in [0.1, 0.15) is 12.5 Å². The van der Waals surface area contributed by atoms with Crippen molar-refractivity contribution in [2.75, 3.05) is 32.9 Å². The molecule has 0 aliphatic heterocycles. The second-order valence-corrected chi connectivity index (χ2v) is 3.72. The maximum Gasteiger partial charge on any atom is 0.122 e. The molecule has 15 heavy (non-hydrogen) atoms. The minimum Gasteiger partial charge on any atom is -0.496 e. The summed E-state index contributed by atoms with van der Waals surface area (Å²) in [6, 6.07) is 4.17. The van der Waals surface area contributed by atoms with Gasteiger partial charge >= 0.3 is 0 Å². The minimum absolute atomic E-state index is 0.590. The summed E-state index contributed by atoms with van der Waals surface area (Å²) >= 11 is 0. The van der Waals surface area contributed by atoms with Crippen LogP contribution in [0.4, 0.5) is 5.69 Å². The molecule has 1 aromatic rings. The van der Waals surface area contributed by atoms with Crippen LogP contribution in [0.15, 0.2) is 12.1 Å². The van der Waals surface area contributed by atoms with Crippen LogP contribution in [-0.4, -0.2) is 28.0 Å². The maximum atomic E-state index is 5.27.